The summed E-state index contributed by atoms with van der Waals surface area (Å²) in [5.74, 6) is 0. The number of hydrogen-bond acceptors (Lipinski definition) is 4. The van der Waals surface area contributed by atoms with Gasteiger partial charge in [-0.3, -0.25) is 0 Å². The van der Waals surface area contributed by atoms with Crippen LogP contribution in [0.15, 0.2) is 71.9 Å². The predicted octanol–water partition coefficient (Wildman–Crippen LogP) is 13.5. The highest BCUT2D eigenvalue weighted by molar-refractivity contribution is 5.23. The molecular weight excluding hydrogens is 665 g/mol. The van der Waals surface area contributed by atoms with Crippen LogP contribution in [0.2, 0.25) is 0 Å². The highest BCUT2D eigenvalue weighted by Crippen LogP contribution is 2.42. The Kier molecular flexibility index (Phi) is 18.7. The minimum atomic E-state index is -0.681. The van der Waals surface area contributed by atoms with Gasteiger partial charge in [0.2, 0.25) is 0 Å². The molecule has 4 rings (SSSR count). The van der Waals surface area contributed by atoms with Crippen LogP contribution >= 0.6 is 0 Å². The average molecular weight is 753 g/mol. The van der Waals surface area contributed by atoms with Crippen LogP contribution < -0.4 is 0 Å². The van der Waals surface area contributed by atoms with Crippen LogP contribution in [0.3, 0.4) is 0 Å². The molecule has 4 atom stereocenters. The van der Waals surface area contributed by atoms with Gasteiger partial charge in [-0.15, -0.1) is 13.2 Å². The Bertz CT molecular complexity index is 1320. The maximum absolute atomic E-state index is 10.2. The Morgan fingerprint density at radius 3 is 1.17 bits per heavy atom. The van der Waals surface area contributed by atoms with Gasteiger partial charge in [-0.05, 0) is 174 Å². The van der Waals surface area contributed by atoms with Crippen molar-refractivity contribution in [2.75, 3.05) is 0 Å². The molecule has 0 saturated heterocycles. The van der Waals surface area contributed by atoms with Crippen molar-refractivity contribution in [3.63, 3.8) is 0 Å². The molecule has 4 N–H and O–H groups in total. The van der Waals surface area contributed by atoms with E-state index in [1.165, 1.54) is 60.8 Å². The van der Waals surface area contributed by atoms with Gasteiger partial charge < -0.3 is 20.4 Å². The number of aliphatic hydroxyl groups is 4. The van der Waals surface area contributed by atoms with E-state index in [0.717, 1.165) is 51.4 Å². The first kappa shape index (κ1) is 50.3. The third-order valence-corrected chi connectivity index (χ3v) is 12.7. The Morgan fingerprint density at radius 2 is 0.852 bits per heavy atom. The van der Waals surface area contributed by atoms with E-state index in [1.54, 1.807) is 12.2 Å². The first-order chi connectivity index (χ1) is 24.5. The van der Waals surface area contributed by atoms with E-state index in [-0.39, 0.29) is 10.8 Å². The van der Waals surface area contributed by atoms with Crippen LogP contribution in [-0.2, 0) is 0 Å². The van der Waals surface area contributed by atoms with Crippen molar-refractivity contribution in [2.24, 2.45) is 21.7 Å². The molecule has 4 nitrogen and oxygen atoms in total. The van der Waals surface area contributed by atoms with Crippen LogP contribution in [0.4, 0.5) is 0 Å². The van der Waals surface area contributed by atoms with Crippen molar-refractivity contribution in [3.05, 3.63) is 71.9 Å². The molecule has 0 bridgehead atoms. The SMILES string of the molecule is C=CCC(C)(O)C1=CC(C)(C)CCC1.C=CCC(C)(O)C1=CCCC(C)(C)C1.CCC(C)(O)C1=CC(C)(C)CCC1.CCC(C)(O)C1=CCCC(C)(C)C1. The number of rotatable bonds is 10. The fourth-order valence-corrected chi connectivity index (χ4v) is 8.28. The molecular formula is C50H88O4. The van der Waals surface area contributed by atoms with Gasteiger partial charge in [0.25, 0.3) is 0 Å². The van der Waals surface area contributed by atoms with Gasteiger partial charge in [0.1, 0.15) is 0 Å². The topological polar surface area (TPSA) is 80.9 Å². The van der Waals surface area contributed by atoms with Crippen LogP contribution in [0, 0.1) is 21.7 Å². The van der Waals surface area contributed by atoms with E-state index in [2.05, 4.69) is 92.9 Å². The van der Waals surface area contributed by atoms with E-state index < -0.39 is 22.4 Å². The molecule has 4 aliphatic rings. The zero-order chi connectivity index (χ0) is 41.9. The van der Waals surface area contributed by atoms with Gasteiger partial charge in [-0.1, -0.05) is 106 Å². The molecule has 0 saturated carbocycles. The quantitative estimate of drug-likeness (QED) is 0.168. The highest BCUT2D eigenvalue weighted by atomic mass is 16.3. The smallest absolute Gasteiger partial charge is 0.0863 e. The minimum Gasteiger partial charge on any atom is -0.386 e. The third-order valence-electron chi connectivity index (χ3n) is 12.7. The van der Waals surface area contributed by atoms with Gasteiger partial charge in [0.05, 0.1) is 22.4 Å². The fourth-order valence-electron chi connectivity index (χ4n) is 8.28. The fraction of sp³-hybridized carbons (Fsp3) is 0.760. The monoisotopic (exact) mass is 753 g/mol. The lowest BCUT2D eigenvalue weighted by Crippen LogP contribution is -2.31. The molecule has 0 aromatic heterocycles. The Labute approximate surface area is 335 Å². The lowest BCUT2D eigenvalue weighted by Gasteiger charge is -2.36. The van der Waals surface area contributed by atoms with Crippen LogP contribution in [0.25, 0.3) is 0 Å². The van der Waals surface area contributed by atoms with Gasteiger partial charge in [-0.25, -0.2) is 0 Å². The van der Waals surface area contributed by atoms with Crippen molar-refractivity contribution < 1.29 is 20.4 Å². The van der Waals surface area contributed by atoms with Gasteiger partial charge in [0, 0.05) is 0 Å². The molecule has 0 heterocycles. The van der Waals surface area contributed by atoms with Crippen molar-refractivity contribution >= 4 is 0 Å². The molecule has 0 aliphatic heterocycles. The molecule has 0 radical (unpaired) electrons. The van der Waals surface area contributed by atoms with E-state index in [9.17, 15) is 20.4 Å². The molecule has 0 spiro atoms. The predicted molar refractivity (Wildman–Crippen MR) is 236 cm³/mol. The van der Waals surface area contributed by atoms with E-state index in [0.29, 0.717) is 23.7 Å². The average Bonchev–Trinajstić information content (AvgIpc) is 3.04. The van der Waals surface area contributed by atoms with E-state index in [1.807, 2.05) is 41.5 Å². The first-order valence-corrected chi connectivity index (χ1v) is 21.4. The summed E-state index contributed by atoms with van der Waals surface area (Å²) < 4.78 is 0. The summed E-state index contributed by atoms with van der Waals surface area (Å²) in [4.78, 5) is 0. The zero-order valence-corrected chi connectivity index (χ0v) is 38.0. The molecule has 0 fully saturated rings. The Balaban J connectivity index is 0.000000360. The van der Waals surface area contributed by atoms with Crippen LogP contribution in [0.1, 0.15) is 200 Å². The first-order valence-electron chi connectivity index (χ1n) is 21.4. The summed E-state index contributed by atoms with van der Waals surface area (Å²) in [6.07, 6.45) is 29.2. The second-order valence-corrected chi connectivity index (χ2v) is 21.0. The lowest BCUT2D eigenvalue weighted by atomic mass is 9.72. The molecule has 4 heteroatoms. The summed E-state index contributed by atoms with van der Waals surface area (Å²) in [5, 5.41) is 40.7. The molecule has 54 heavy (non-hydrogen) atoms. The standard InChI is InChI=1S/2C13H22O.2C12H22O/c2*1-5-8-13(4,14)11-7-6-9-12(2,3)10-11;2*1-5-12(4,13)10-7-6-8-11(2,3)9-10/h5,10,14H,1,6-9H2,2-4H3;5,7,14H,1,6,8-10H2,2-4H3;9,13H,5-8H2,1-4H3;7,13H,5-6,8-9H2,1-4H3. The maximum Gasteiger partial charge on any atom is 0.0863 e. The van der Waals surface area contributed by atoms with E-state index in [4.69, 9.17) is 0 Å². The van der Waals surface area contributed by atoms with Crippen molar-refractivity contribution in [2.45, 2.75) is 222 Å². The summed E-state index contributed by atoms with van der Waals surface area (Å²) in [6.45, 7) is 37.2. The molecule has 0 amide bonds. The second-order valence-electron chi connectivity index (χ2n) is 21.0. The van der Waals surface area contributed by atoms with Crippen LogP contribution in [0.5, 0.6) is 0 Å². The molecule has 4 aliphatic carbocycles. The zero-order valence-electron chi connectivity index (χ0n) is 38.0. The van der Waals surface area contributed by atoms with E-state index >= 15 is 0 Å². The van der Waals surface area contributed by atoms with Gasteiger partial charge >= 0.3 is 0 Å². The van der Waals surface area contributed by atoms with Crippen molar-refractivity contribution in [1.29, 1.82) is 0 Å². The van der Waals surface area contributed by atoms with Crippen molar-refractivity contribution in [1.82, 2.24) is 0 Å². The summed E-state index contributed by atoms with van der Waals surface area (Å²) in [5.41, 5.74) is 3.61. The largest absolute Gasteiger partial charge is 0.386 e. The number of hydrogen-bond donors (Lipinski definition) is 4. The molecule has 0 aromatic rings. The summed E-state index contributed by atoms with van der Waals surface area (Å²) in [6, 6.07) is 0. The summed E-state index contributed by atoms with van der Waals surface area (Å²) in [7, 11) is 0. The Morgan fingerprint density at radius 1 is 0.537 bits per heavy atom. The van der Waals surface area contributed by atoms with Gasteiger partial charge in [0.15, 0.2) is 0 Å². The lowest BCUT2D eigenvalue weighted by molar-refractivity contribution is 0.0798. The molecule has 312 valence electrons. The van der Waals surface area contributed by atoms with Crippen molar-refractivity contribution in [3.8, 4) is 0 Å². The second kappa shape index (κ2) is 20.1. The maximum atomic E-state index is 10.2. The summed E-state index contributed by atoms with van der Waals surface area (Å²) >= 11 is 0. The minimum absolute atomic E-state index is 0.249. The number of allylic oxidation sites excluding steroid dienone is 4. The highest BCUT2D eigenvalue weighted by Gasteiger charge is 2.34. The molecule has 0 aromatic carbocycles. The Hall–Kier alpha value is -1.72. The normalized spacial score (nSPS) is 25.7. The van der Waals surface area contributed by atoms with Crippen LogP contribution in [-0.4, -0.2) is 42.8 Å². The van der Waals surface area contributed by atoms with Gasteiger partial charge in [-0.2, -0.15) is 0 Å². The third kappa shape index (κ3) is 17.2. The molecule has 4 unspecified atom stereocenters.